The van der Waals surface area contributed by atoms with Gasteiger partial charge < -0.3 is 14.8 Å². The summed E-state index contributed by atoms with van der Waals surface area (Å²) in [6.07, 6.45) is 1.46. The van der Waals surface area contributed by atoms with E-state index in [1.54, 1.807) is 18.9 Å². The molecule has 0 fully saturated rings. The summed E-state index contributed by atoms with van der Waals surface area (Å²) in [7, 11) is 1.64. The van der Waals surface area contributed by atoms with E-state index < -0.39 is 0 Å². The lowest BCUT2D eigenvalue weighted by Crippen LogP contribution is -2.18. The van der Waals surface area contributed by atoms with Gasteiger partial charge in [0, 0.05) is 31.2 Å². The van der Waals surface area contributed by atoms with Crippen LogP contribution in [0, 0.1) is 0 Å². The summed E-state index contributed by atoms with van der Waals surface area (Å²) in [5.74, 6) is 1.61. The van der Waals surface area contributed by atoms with Crippen LogP contribution in [0.5, 0.6) is 0 Å². The Hall–Kier alpha value is -0.680. The van der Waals surface area contributed by atoms with E-state index in [0.29, 0.717) is 19.8 Å². The molecule has 16 heavy (non-hydrogen) atoms. The number of ether oxygens (including phenoxy) is 2. The third kappa shape index (κ3) is 9.86. The second-order valence-corrected chi connectivity index (χ2v) is 4.51. The molecule has 4 nitrogen and oxygen atoms in total. The van der Waals surface area contributed by atoms with Gasteiger partial charge in [0.05, 0.1) is 6.61 Å². The fourth-order valence-corrected chi connectivity index (χ4v) is 1.46. The van der Waals surface area contributed by atoms with Crippen molar-refractivity contribution in [3.05, 3.63) is 11.8 Å². The monoisotopic (exact) mass is 247 g/mol. The average Bonchev–Trinajstić information content (AvgIpc) is 2.25. The van der Waals surface area contributed by atoms with Crippen LogP contribution in [0.1, 0.15) is 13.8 Å². The molecule has 0 aromatic rings. The SMILES string of the molecule is CCSCCOC(=O)/C=C(/C)NCCOC. The lowest BCUT2D eigenvalue weighted by atomic mass is 10.4. The van der Waals surface area contributed by atoms with E-state index in [4.69, 9.17) is 9.47 Å². The maximum atomic E-state index is 11.3. The first kappa shape index (κ1) is 15.3. The number of carbonyl (C=O) groups is 1. The minimum atomic E-state index is -0.292. The number of rotatable bonds is 9. The standard InChI is InChI=1S/C11H21NO3S/c1-4-16-8-7-15-11(13)9-10(2)12-5-6-14-3/h9,12H,4-8H2,1-3H3/b10-9-. The Morgan fingerprint density at radius 1 is 1.44 bits per heavy atom. The second-order valence-electron chi connectivity index (χ2n) is 3.11. The minimum absolute atomic E-state index is 0.292. The highest BCUT2D eigenvalue weighted by molar-refractivity contribution is 7.99. The molecule has 0 saturated heterocycles. The number of nitrogens with one attached hydrogen (secondary N) is 1. The molecule has 0 heterocycles. The molecule has 0 bridgehead atoms. The molecule has 0 unspecified atom stereocenters. The molecular formula is C11H21NO3S. The first-order valence-electron chi connectivity index (χ1n) is 5.36. The normalized spacial score (nSPS) is 11.3. The summed E-state index contributed by atoms with van der Waals surface area (Å²) in [5, 5.41) is 3.05. The van der Waals surface area contributed by atoms with E-state index >= 15 is 0 Å². The van der Waals surface area contributed by atoms with E-state index in [-0.39, 0.29) is 5.97 Å². The van der Waals surface area contributed by atoms with Crippen molar-refractivity contribution in [3.8, 4) is 0 Å². The number of esters is 1. The van der Waals surface area contributed by atoms with Crippen LogP contribution in [0.2, 0.25) is 0 Å². The molecule has 1 N–H and O–H groups in total. The van der Waals surface area contributed by atoms with E-state index in [0.717, 1.165) is 17.2 Å². The van der Waals surface area contributed by atoms with Crippen molar-refractivity contribution < 1.29 is 14.3 Å². The lowest BCUT2D eigenvalue weighted by molar-refractivity contribution is -0.137. The third-order valence-corrected chi connectivity index (χ3v) is 2.58. The molecule has 0 spiro atoms. The summed E-state index contributed by atoms with van der Waals surface area (Å²) < 4.78 is 9.89. The van der Waals surface area contributed by atoms with Gasteiger partial charge in [-0.1, -0.05) is 6.92 Å². The van der Waals surface area contributed by atoms with Gasteiger partial charge in [-0.3, -0.25) is 0 Å². The van der Waals surface area contributed by atoms with Crippen molar-refractivity contribution in [1.82, 2.24) is 5.32 Å². The van der Waals surface area contributed by atoms with Gasteiger partial charge in [0.2, 0.25) is 0 Å². The Kier molecular flexibility index (Phi) is 10.4. The molecular weight excluding hydrogens is 226 g/mol. The molecule has 5 heteroatoms. The maximum Gasteiger partial charge on any atom is 0.332 e. The van der Waals surface area contributed by atoms with Crippen LogP contribution in [0.25, 0.3) is 0 Å². The predicted molar refractivity (Wildman–Crippen MR) is 67.6 cm³/mol. The van der Waals surface area contributed by atoms with Crippen LogP contribution >= 0.6 is 11.8 Å². The predicted octanol–water partition coefficient (Wildman–Crippen LogP) is 1.42. The Bertz CT molecular complexity index is 219. The second kappa shape index (κ2) is 10.8. The van der Waals surface area contributed by atoms with Crippen LogP contribution in [-0.2, 0) is 14.3 Å². The zero-order valence-corrected chi connectivity index (χ0v) is 11.1. The highest BCUT2D eigenvalue weighted by Crippen LogP contribution is 1.98. The number of hydrogen-bond acceptors (Lipinski definition) is 5. The number of carbonyl (C=O) groups excluding carboxylic acids is 1. The highest BCUT2D eigenvalue weighted by Gasteiger charge is 1.98. The maximum absolute atomic E-state index is 11.3. The van der Waals surface area contributed by atoms with Crippen molar-refractivity contribution in [3.63, 3.8) is 0 Å². The smallest absolute Gasteiger partial charge is 0.332 e. The quantitative estimate of drug-likeness (QED) is 0.379. The molecule has 0 aliphatic rings. The van der Waals surface area contributed by atoms with Crippen LogP contribution in [0.3, 0.4) is 0 Å². The number of hydrogen-bond donors (Lipinski definition) is 1. The fourth-order valence-electron chi connectivity index (χ4n) is 0.965. The Morgan fingerprint density at radius 3 is 2.81 bits per heavy atom. The van der Waals surface area contributed by atoms with Crippen LogP contribution < -0.4 is 5.32 Å². The molecule has 0 atom stereocenters. The number of methoxy groups -OCH3 is 1. The van der Waals surface area contributed by atoms with E-state index in [9.17, 15) is 4.79 Å². The van der Waals surface area contributed by atoms with Crippen molar-refractivity contribution in [2.75, 3.05) is 38.4 Å². The zero-order valence-electron chi connectivity index (χ0n) is 10.2. The fraction of sp³-hybridized carbons (Fsp3) is 0.727. The zero-order chi connectivity index (χ0) is 12.2. The van der Waals surface area contributed by atoms with Gasteiger partial charge in [0.15, 0.2) is 0 Å². The molecule has 0 aromatic carbocycles. The van der Waals surface area contributed by atoms with Gasteiger partial charge in [-0.05, 0) is 12.7 Å². The molecule has 0 radical (unpaired) electrons. The summed E-state index contributed by atoms with van der Waals surface area (Å²) >= 11 is 1.76. The van der Waals surface area contributed by atoms with Gasteiger partial charge in [0.25, 0.3) is 0 Å². The summed E-state index contributed by atoms with van der Waals surface area (Å²) in [4.78, 5) is 11.3. The first-order valence-corrected chi connectivity index (χ1v) is 6.51. The molecule has 94 valence electrons. The van der Waals surface area contributed by atoms with E-state index in [2.05, 4.69) is 12.2 Å². The highest BCUT2D eigenvalue weighted by atomic mass is 32.2. The van der Waals surface area contributed by atoms with Crippen molar-refractivity contribution in [2.24, 2.45) is 0 Å². The summed E-state index contributed by atoms with van der Waals surface area (Å²) in [6, 6.07) is 0. The third-order valence-electron chi connectivity index (χ3n) is 1.72. The molecule has 0 aromatic heterocycles. The van der Waals surface area contributed by atoms with Crippen molar-refractivity contribution in [1.29, 1.82) is 0 Å². The Morgan fingerprint density at radius 2 is 2.19 bits per heavy atom. The average molecular weight is 247 g/mol. The molecule has 0 rings (SSSR count). The molecule has 0 saturated carbocycles. The minimum Gasteiger partial charge on any atom is -0.462 e. The van der Waals surface area contributed by atoms with Crippen LogP contribution in [0.15, 0.2) is 11.8 Å². The topological polar surface area (TPSA) is 47.6 Å². The number of thioether (sulfide) groups is 1. The Balaban J connectivity index is 3.61. The summed E-state index contributed by atoms with van der Waals surface area (Å²) in [6.45, 7) is 5.69. The first-order chi connectivity index (χ1) is 7.70. The lowest BCUT2D eigenvalue weighted by Gasteiger charge is -2.05. The largest absolute Gasteiger partial charge is 0.462 e. The van der Waals surface area contributed by atoms with Crippen molar-refractivity contribution >= 4 is 17.7 Å². The van der Waals surface area contributed by atoms with Gasteiger partial charge >= 0.3 is 5.97 Å². The molecule has 0 aliphatic carbocycles. The van der Waals surface area contributed by atoms with E-state index in [1.807, 2.05) is 6.92 Å². The van der Waals surface area contributed by atoms with Gasteiger partial charge in [-0.15, -0.1) is 0 Å². The molecule has 0 amide bonds. The van der Waals surface area contributed by atoms with Gasteiger partial charge in [-0.25, -0.2) is 4.79 Å². The number of allylic oxidation sites excluding steroid dienone is 1. The van der Waals surface area contributed by atoms with Crippen molar-refractivity contribution in [2.45, 2.75) is 13.8 Å². The van der Waals surface area contributed by atoms with E-state index in [1.165, 1.54) is 6.08 Å². The van der Waals surface area contributed by atoms with Crippen LogP contribution in [0.4, 0.5) is 0 Å². The summed E-state index contributed by atoms with van der Waals surface area (Å²) in [5.41, 5.74) is 0.796. The Labute approximate surface area is 102 Å². The van der Waals surface area contributed by atoms with Gasteiger partial charge in [-0.2, -0.15) is 11.8 Å². The van der Waals surface area contributed by atoms with Gasteiger partial charge in [0.1, 0.15) is 6.61 Å². The molecule has 0 aliphatic heterocycles. The van der Waals surface area contributed by atoms with Crippen LogP contribution in [-0.4, -0.2) is 44.3 Å².